The summed E-state index contributed by atoms with van der Waals surface area (Å²) in [5.74, 6) is 0. The minimum absolute atomic E-state index is 0.102. The molecule has 0 atom stereocenters. The van der Waals surface area contributed by atoms with Crippen molar-refractivity contribution in [2.24, 2.45) is 0 Å². The highest BCUT2D eigenvalue weighted by atomic mass is 19.4. The van der Waals surface area contributed by atoms with E-state index in [0.29, 0.717) is 18.2 Å². The molecule has 0 aliphatic carbocycles. The summed E-state index contributed by atoms with van der Waals surface area (Å²) in [4.78, 5) is 14.1. The van der Waals surface area contributed by atoms with Gasteiger partial charge in [0.1, 0.15) is 0 Å². The van der Waals surface area contributed by atoms with Crippen molar-refractivity contribution >= 4 is 13.2 Å². The average molecular weight is 358 g/mol. The fourth-order valence-electron chi connectivity index (χ4n) is 2.37. The molecule has 1 aromatic rings. The second-order valence-corrected chi connectivity index (χ2v) is 7.01. The molecule has 1 fully saturated rings. The number of pyridine rings is 1. The first-order valence-electron chi connectivity index (χ1n) is 7.88. The molecule has 0 amide bonds. The number of H-pyrrole nitrogens is 1. The molecule has 0 spiro atoms. The third-order valence-electron chi connectivity index (χ3n) is 4.54. The van der Waals surface area contributed by atoms with Crippen LogP contribution in [0.2, 0.25) is 0 Å². The van der Waals surface area contributed by atoms with Gasteiger partial charge in [0, 0.05) is 18.3 Å². The highest BCUT2D eigenvalue weighted by Gasteiger charge is 2.52. The van der Waals surface area contributed by atoms with Crippen LogP contribution in [0.3, 0.4) is 0 Å². The molecule has 0 radical (unpaired) electrons. The largest absolute Gasteiger partial charge is 0.491 e. The van der Waals surface area contributed by atoms with Gasteiger partial charge in [-0.05, 0) is 46.3 Å². The van der Waals surface area contributed by atoms with Crippen LogP contribution >= 0.6 is 0 Å². The van der Waals surface area contributed by atoms with Gasteiger partial charge in [-0.1, -0.05) is 6.08 Å². The first-order chi connectivity index (χ1) is 11.4. The van der Waals surface area contributed by atoms with Crippen LogP contribution in [0.5, 0.6) is 0 Å². The molecule has 5 nitrogen and oxygen atoms in total. The summed E-state index contributed by atoms with van der Waals surface area (Å²) in [6.45, 7) is 7.80. The van der Waals surface area contributed by atoms with Crippen molar-refractivity contribution in [1.29, 1.82) is 0 Å². The van der Waals surface area contributed by atoms with Gasteiger partial charge in [-0.2, -0.15) is 13.2 Å². The van der Waals surface area contributed by atoms with Gasteiger partial charge in [-0.15, -0.1) is 0 Å². The minimum atomic E-state index is -4.54. The lowest BCUT2D eigenvalue weighted by Crippen LogP contribution is -2.41. The quantitative estimate of drug-likeness (QED) is 0.813. The Hall–Kier alpha value is -1.58. The zero-order valence-corrected chi connectivity index (χ0v) is 14.9. The van der Waals surface area contributed by atoms with Crippen molar-refractivity contribution in [2.45, 2.75) is 45.1 Å². The van der Waals surface area contributed by atoms with E-state index in [1.807, 2.05) is 27.7 Å². The summed E-state index contributed by atoms with van der Waals surface area (Å²) in [5, 5.41) is 2.92. The first kappa shape index (κ1) is 19.7. The average Bonchev–Trinajstić information content (AvgIpc) is 2.68. The van der Waals surface area contributed by atoms with E-state index in [9.17, 15) is 18.0 Å². The summed E-state index contributed by atoms with van der Waals surface area (Å²) >= 11 is 0. The number of nitrogens with one attached hydrogen (secondary N) is 2. The van der Waals surface area contributed by atoms with Gasteiger partial charge >= 0.3 is 13.3 Å². The van der Waals surface area contributed by atoms with Crippen LogP contribution in [0.4, 0.5) is 13.2 Å². The van der Waals surface area contributed by atoms with Gasteiger partial charge in [0.25, 0.3) is 5.56 Å². The van der Waals surface area contributed by atoms with E-state index >= 15 is 0 Å². The van der Waals surface area contributed by atoms with E-state index in [-0.39, 0.29) is 5.56 Å². The lowest BCUT2D eigenvalue weighted by atomic mass is 9.77. The predicted molar refractivity (Wildman–Crippen MR) is 90.1 cm³/mol. The number of halogens is 3. The topological polar surface area (TPSA) is 63.4 Å². The van der Waals surface area contributed by atoms with Gasteiger partial charge in [0.2, 0.25) is 0 Å². The zero-order chi connectivity index (χ0) is 19.0. The van der Waals surface area contributed by atoms with Crippen LogP contribution in [0.1, 0.15) is 38.8 Å². The second-order valence-electron chi connectivity index (χ2n) is 7.01. The van der Waals surface area contributed by atoms with Crippen LogP contribution in [-0.4, -0.2) is 36.9 Å². The minimum Gasteiger partial charge on any atom is -0.400 e. The molecule has 0 bridgehead atoms. The number of rotatable bonds is 4. The van der Waals surface area contributed by atoms with Crippen molar-refractivity contribution in [3.05, 3.63) is 39.2 Å². The molecule has 0 saturated carbocycles. The normalized spacial score (nSPS) is 20.2. The molecule has 1 saturated heterocycles. The fraction of sp³-hybridized carbons (Fsp3) is 0.562. The van der Waals surface area contributed by atoms with E-state index in [0.717, 1.165) is 6.07 Å². The predicted octanol–water partition coefficient (Wildman–Crippen LogP) is 2.63. The van der Waals surface area contributed by atoms with Crippen LogP contribution < -0.4 is 10.9 Å². The third kappa shape index (κ3) is 4.16. The number of hydrogen-bond acceptors (Lipinski definition) is 4. The fourth-order valence-corrected chi connectivity index (χ4v) is 2.37. The van der Waals surface area contributed by atoms with Crippen molar-refractivity contribution in [2.75, 3.05) is 13.6 Å². The SMILES string of the molecule is CNCC(=Cc1cc(C(F)(F)F)c[nH]c1=O)B1OC(C)(C)C(C)(C)O1. The van der Waals surface area contributed by atoms with Gasteiger partial charge in [-0.3, -0.25) is 4.79 Å². The van der Waals surface area contributed by atoms with Gasteiger partial charge in [0.05, 0.1) is 16.8 Å². The molecular weight excluding hydrogens is 336 g/mol. The van der Waals surface area contributed by atoms with Crippen molar-refractivity contribution in [3.63, 3.8) is 0 Å². The van der Waals surface area contributed by atoms with E-state index in [1.165, 1.54) is 6.08 Å². The lowest BCUT2D eigenvalue weighted by Gasteiger charge is -2.32. The van der Waals surface area contributed by atoms with Crippen LogP contribution in [0.25, 0.3) is 6.08 Å². The monoisotopic (exact) mass is 358 g/mol. The maximum Gasteiger partial charge on any atom is 0.491 e. The Kier molecular flexibility index (Phi) is 5.23. The Morgan fingerprint density at radius 3 is 2.32 bits per heavy atom. The van der Waals surface area contributed by atoms with E-state index in [1.54, 1.807) is 7.05 Å². The second kappa shape index (κ2) is 6.62. The van der Waals surface area contributed by atoms with Crippen molar-refractivity contribution in [3.8, 4) is 0 Å². The van der Waals surface area contributed by atoms with Gasteiger partial charge in [0.15, 0.2) is 0 Å². The summed E-state index contributed by atoms with van der Waals surface area (Å²) in [6, 6.07) is 0.819. The Bertz CT molecular complexity index is 710. The molecule has 9 heteroatoms. The first-order valence-corrected chi connectivity index (χ1v) is 7.88. The Balaban J connectivity index is 2.43. The van der Waals surface area contributed by atoms with Crippen molar-refractivity contribution < 1.29 is 22.5 Å². The van der Waals surface area contributed by atoms with Gasteiger partial charge in [-0.25, -0.2) is 0 Å². The summed E-state index contributed by atoms with van der Waals surface area (Å²) < 4.78 is 50.5. The molecule has 25 heavy (non-hydrogen) atoms. The molecular formula is C16H22BF3N2O3. The lowest BCUT2D eigenvalue weighted by molar-refractivity contribution is -0.137. The Morgan fingerprint density at radius 2 is 1.84 bits per heavy atom. The maximum absolute atomic E-state index is 12.9. The molecule has 2 N–H and O–H groups in total. The van der Waals surface area contributed by atoms with E-state index in [4.69, 9.17) is 9.31 Å². The summed E-state index contributed by atoms with van der Waals surface area (Å²) in [6.07, 6.45) is -2.50. The molecule has 1 aromatic heterocycles. The summed E-state index contributed by atoms with van der Waals surface area (Å²) in [5.41, 5.74) is -2.29. The number of hydrogen-bond donors (Lipinski definition) is 2. The molecule has 2 rings (SSSR count). The van der Waals surface area contributed by atoms with E-state index in [2.05, 4.69) is 10.3 Å². The molecule has 0 aromatic carbocycles. The number of likely N-dealkylation sites (N-methyl/N-ethyl adjacent to an activating group) is 1. The number of aromatic amines is 1. The Labute approximate surface area is 144 Å². The summed E-state index contributed by atoms with van der Waals surface area (Å²) in [7, 11) is 0.932. The Morgan fingerprint density at radius 1 is 1.28 bits per heavy atom. The number of alkyl halides is 3. The number of aromatic nitrogens is 1. The standard InChI is InChI=1S/C16H22BF3N2O3/c1-14(2)15(3,4)25-17(24-14)12(9-21-5)7-10-6-11(16(18,19)20)8-22-13(10)23/h6-8,21H,9H2,1-5H3,(H,22,23). The smallest absolute Gasteiger partial charge is 0.400 e. The molecule has 2 heterocycles. The van der Waals surface area contributed by atoms with Crippen LogP contribution in [0.15, 0.2) is 22.5 Å². The van der Waals surface area contributed by atoms with Crippen molar-refractivity contribution in [1.82, 2.24) is 10.3 Å². The maximum atomic E-state index is 12.9. The molecule has 1 aliphatic rings. The third-order valence-corrected chi connectivity index (χ3v) is 4.54. The van der Waals surface area contributed by atoms with Crippen LogP contribution in [0, 0.1) is 0 Å². The highest BCUT2D eigenvalue weighted by Crippen LogP contribution is 2.38. The van der Waals surface area contributed by atoms with Crippen LogP contribution in [-0.2, 0) is 15.5 Å². The van der Waals surface area contributed by atoms with Gasteiger partial charge < -0.3 is 19.6 Å². The molecule has 1 aliphatic heterocycles. The van der Waals surface area contributed by atoms with E-state index < -0.39 is 35.6 Å². The molecule has 0 unspecified atom stereocenters. The highest BCUT2D eigenvalue weighted by molar-refractivity contribution is 6.55. The molecule has 138 valence electrons. The zero-order valence-electron chi connectivity index (χ0n) is 14.9.